The number of aromatic nitrogens is 3. The molecule has 15 heavy (non-hydrogen) atoms. The third-order valence-electron chi connectivity index (χ3n) is 1.95. The second-order valence-electron chi connectivity index (χ2n) is 3.60. The summed E-state index contributed by atoms with van der Waals surface area (Å²) in [7, 11) is 0. The molecule has 0 saturated carbocycles. The molecule has 1 atom stereocenters. The first-order valence-electron chi connectivity index (χ1n) is 4.87. The van der Waals surface area contributed by atoms with Gasteiger partial charge in [0, 0.05) is 12.7 Å². The third-order valence-corrected chi connectivity index (χ3v) is 3.42. The molecule has 0 fully saturated rings. The Bertz CT molecular complexity index is 299. The highest BCUT2D eigenvalue weighted by Gasteiger charge is 2.17. The van der Waals surface area contributed by atoms with Gasteiger partial charge in [0.2, 0.25) is 5.91 Å². The summed E-state index contributed by atoms with van der Waals surface area (Å²) in [6, 6.07) is 0. The highest BCUT2D eigenvalue weighted by Crippen LogP contribution is 2.11. The molecule has 0 saturated heterocycles. The Kier molecular flexibility index (Phi) is 4.74. The molecule has 0 aliphatic rings. The van der Waals surface area contributed by atoms with Crippen molar-refractivity contribution >= 4 is 21.8 Å². The number of hydrogen-bond acceptors (Lipinski definition) is 3. The molecule has 0 aliphatic heterocycles. The van der Waals surface area contributed by atoms with Gasteiger partial charge in [-0.05, 0) is 5.92 Å². The number of carbonyl (C=O) groups is 1. The van der Waals surface area contributed by atoms with Crippen LogP contribution in [0, 0.1) is 5.92 Å². The number of hydrogen-bond donors (Lipinski definition) is 1. The number of alkyl halides is 1. The van der Waals surface area contributed by atoms with Gasteiger partial charge in [0.25, 0.3) is 0 Å². The van der Waals surface area contributed by atoms with Crippen LogP contribution in [0.15, 0.2) is 12.4 Å². The average molecular weight is 275 g/mol. The second-order valence-corrected chi connectivity index (χ2v) is 4.59. The molecular weight excluding hydrogens is 260 g/mol. The second kappa shape index (κ2) is 5.85. The van der Waals surface area contributed by atoms with Crippen molar-refractivity contribution in [3.63, 3.8) is 0 Å². The van der Waals surface area contributed by atoms with Gasteiger partial charge < -0.3 is 5.32 Å². The molecule has 5 nitrogen and oxygen atoms in total. The first-order chi connectivity index (χ1) is 7.11. The van der Waals surface area contributed by atoms with Crippen molar-refractivity contribution in [2.24, 2.45) is 5.92 Å². The molecule has 84 valence electrons. The number of nitrogens with zero attached hydrogens (tertiary/aromatic N) is 3. The smallest absolute Gasteiger partial charge is 0.234 e. The quantitative estimate of drug-likeness (QED) is 0.809. The van der Waals surface area contributed by atoms with Gasteiger partial charge in [-0.2, -0.15) is 0 Å². The first kappa shape index (κ1) is 12.2. The Labute approximate surface area is 97.4 Å². The summed E-state index contributed by atoms with van der Waals surface area (Å²) in [6.07, 6.45) is 3.38. The van der Waals surface area contributed by atoms with E-state index in [1.807, 2.05) is 13.8 Å². The van der Waals surface area contributed by atoms with Gasteiger partial charge in [0.15, 0.2) is 0 Å². The summed E-state index contributed by atoms with van der Waals surface area (Å²) in [4.78, 5) is 11.4. The largest absolute Gasteiger partial charge is 0.353 e. The van der Waals surface area contributed by atoms with E-state index in [4.69, 9.17) is 0 Å². The van der Waals surface area contributed by atoms with E-state index in [1.54, 1.807) is 17.1 Å². The van der Waals surface area contributed by atoms with Gasteiger partial charge in [-0.15, -0.1) is 5.10 Å². The van der Waals surface area contributed by atoms with Crippen LogP contribution >= 0.6 is 15.9 Å². The Balaban J connectivity index is 2.23. The Morgan fingerprint density at radius 1 is 1.60 bits per heavy atom. The van der Waals surface area contributed by atoms with Crippen molar-refractivity contribution in [3.05, 3.63) is 12.4 Å². The molecule has 1 N–H and O–H groups in total. The van der Waals surface area contributed by atoms with E-state index in [2.05, 4.69) is 31.6 Å². The molecule has 6 heteroatoms. The first-order valence-corrected chi connectivity index (χ1v) is 5.78. The van der Waals surface area contributed by atoms with Crippen LogP contribution in [0.4, 0.5) is 0 Å². The molecule has 0 bridgehead atoms. The van der Waals surface area contributed by atoms with Crippen molar-refractivity contribution in [2.75, 3.05) is 6.54 Å². The topological polar surface area (TPSA) is 59.8 Å². The van der Waals surface area contributed by atoms with Crippen molar-refractivity contribution in [1.82, 2.24) is 20.3 Å². The maximum Gasteiger partial charge on any atom is 0.234 e. The van der Waals surface area contributed by atoms with E-state index in [1.165, 1.54) is 0 Å². The Morgan fingerprint density at radius 3 is 2.87 bits per heavy atom. The van der Waals surface area contributed by atoms with E-state index in [9.17, 15) is 4.79 Å². The van der Waals surface area contributed by atoms with Crippen LogP contribution in [0.2, 0.25) is 0 Å². The number of nitrogens with one attached hydrogen (secondary N) is 1. The standard InChI is InChI=1S/C9H15BrN4O/c1-7(2)8(10)9(15)11-3-5-14-6-4-12-13-14/h4,6-8H,3,5H2,1-2H3,(H,11,15). The summed E-state index contributed by atoms with van der Waals surface area (Å²) >= 11 is 3.34. The van der Waals surface area contributed by atoms with Gasteiger partial charge in [-0.1, -0.05) is 35.0 Å². The molecule has 0 aliphatic carbocycles. The normalized spacial score (nSPS) is 12.8. The number of carbonyl (C=O) groups excluding carboxylic acids is 1. The zero-order chi connectivity index (χ0) is 11.3. The van der Waals surface area contributed by atoms with E-state index in [0.29, 0.717) is 13.1 Å². The number of rotatable bonds is 5. The molecule has 1 amide bonds. The predicted molar refractivity (Wildman–Crippen MR) is 60.6 cm³/mol. The molecule has 1 aromatic heterocycles. The van der Waals surface area contributed by atoms with E-state index < -0.39 is 0 Å². The molecule has 1 rings (SSSR count). The molecule has 1 heterocycles. The van der Waals surface area contributed by atoms with Crippen molar-refractivity contribution in [1.29, 1.82) is 0 Å². The number of halogens is 1. The SMILES string of the molecule is CC(C)C(Br)C(=O)NCCn1ccnn1. The van der Waals surface area contributed by atoms with E-state index in [0.717, 1.165) is 0 Å². The van der Waals surface area contributed by atoms with Gasteiger partial charge >= 0.3 is 0 Å². The predicted octanol–water partition coefficient (Wildman–Crippen LogP) is 0.814. The molecule has 1 unspecified atom stereocenters. The van der Waals surface area contributed by atoms with Crippen molar-refractivity contribution in [3.8, 4) is 0 Å². The highest BCUT2D eigenvalue weighted by atomic mass is 79.9. The fourth-order valence-electron chi connectivity index (χ4n) is 1.05. The van der Waals surface area contributed by atoms with Crippen LogP contribution in [0.5, 0.6) is 0 Å². The van der Waals surface area contributed by atoms with Crippen LogP contribution < -0.4 is 5.32 Å². The summed E-state index contributed by atoms with van der Waals surface area (Å²) in [5, 5.41) is 10.3. The minimum Gasteiger partial charge on any atom is -0.353 e. The summed E-state index contributed by atoms with van der Waals surface area (Å²) in [6.45, 7) is 5.20. The zero-order valence-electron chi connectivity index (χ0n) is 8.85. The van der Waals surface area contributed by atoms with Crippen LogP contribution in [0.3, 0.4) is 0 Å². The van der Waals surface area contributed by atoms with E-state index >= 15 is 0 Å². The lowest BCUT2D eigenvalue weighted by atomic mass is 10.1. The molecule has 0 aromatic carbocycles. The summed E-state index contributed by atoms with van der Waals surface area (Å²) in [5.41, 5.74) is 0. The van der Waals surface area contributed by atoms with Gasteiger partial charge in [0.1, 0.15) is 0 Å². The summed E-state index contributed by atoms with van der Waals surface area (Å²) in [5.74, 6) is 0.307. The minimum absolute atomic E-state index is 0.0186. The Hall–Kier alpha value is -0.910. The lowest BCUT2D eigenvalue weighted by Gasteiger charge is -2.13. The van der Waals surface area contributed by atoms with Gasteiger partial charge in [-0.3, -0.25) is 9.48 Å². The minimum atomic E-state index is -0.131. The molecular formula is C9H15BrN4O. The summed E-state index contributed by atoms with van der Waals surface area (Å²) < 4.78 is 1.68. The third kappa shape index (κ3) is 3.99. The highest BCUT2D eigenvalue weighted by molar-refractivity contribution is 9.10. The maximum atomic E-state index is 11.5. The van der Waals surface area contributed by atoms with Crippen molar-refractivity contribution in [2.45, 2.75) is 25.2 Å². The zero-order valence-corrected chi connectivity index (χ0v) is 10.4. The van der Waals surface area contributed by atoms with Gasteiger partial charge in [-0.25, -0.2) is 0 Å². The van der Waals surface area contributed by atoms with E-state index in [-0.39, 0.29) is 16.7 Å². The van der Waals surface area contributed by atoms with Gasteiger partial charge in [0.05, 0.1) is 17.6 Å². The van der Waals surface area contributed by atoms with Crippen LogP contribution in [0.25, 0.3) is 0 Å². The van der Waals surface area contributed by atoms with Crippen LogP contribution in [-0.2, 0) is 11.3 Å². The Morgan fingerprint density at radius 2 is 2.33 bits per heavy atom. The maximum absolute atomic E-state index is 11.5. The fraction of sp³-hybridized carbons (Fsp3) is 0.667. The fourth-order valence-corrected chi connectivity index (χ4v) is 1.21. The lowest BCUT2D eigenvalue weighted by Crippen LogP contribution is -2.35. The van der Waals surface area contributed by atoms with Crippen molar-refractivity contribution < 1.29 is 4.79 Å². The lowest BCUT2D eigenvalue weighted by molar-refractivity contribution is -0.121. The molecule has 0 spiro atoms. The van der Waals surface area contributed by atoms with Crippen LogP contribution in [0.1, 0.15) is 13.8 Å². The number of amides is 1. The monoisotopic (exact) mass is 274 g/mol. The molecule has 0 radical (unpaired) electrons. The average Bonchev–Trinajstić information content (AvgIpc) is 2.69. The van der Waals surface area contributed by atoms with Crippen LogP contribution in [-0.4, -0.2) is 32.3 Å². The molecule has 1 aromatic rings.